The van der Waals surface area contributed by atoms with Crippen molar-refractivity contribution in [3.63, 3.8) is 0 Å². The largest absolute Gasteiger partial charge is 0.465 e. The molecule has 2 amide bonds. The fourth-order valence-electron chi connectivity index (χ4n) is 2.11. The van der Waals surface area contributed by atoms with E-state index in [4.69, 9.17) is 4.74 Å². The van der Waals surface area contributed by atoms with Crippen molar-refractivity contribution in [1.29, 1.82) is 0 Å². The summed E-state index contributed by atoms with van der Waals surface area (Å²) in [5.74, 6) is -0.496. The van der Waals surface area contributed by atoms with Crippen LogP contribution >= 0.6 is 0 Å². The number of esters is 1. The number of urea groups is 1. The van der Waals surface area contributed by atoms with Crippen LogP contribution in [0.1, 0.15) is 22.8 Å². The highest BCUT2D eigenvalue weighted by atomic mass is 16.5. The Labute approximate surface area is 129 Å². The van der Waals surface area contributed by atoms with E-state index in [9.17, 15) is 9.59 Å². The Morgan fingerprint density at radius 1 is 0.955 bits per heavy atom. The summed E-state index contributed by atoms with van der Waals surface area (Å²) in [5, 5.41) is 5.47. The van der Waals surface area contributed by atoms with E-state index in [1.54, 1.807) is 24.3 Å². The van der Waals surface area contributed by atoms with Crippen molar-refractivity contribution in [1.82, 2.24) is 0 Å². The fraction of sp³-hybridized carbons (Fsp3) is 0.176. The van der Waals surface area contributed by atoms with Crippen molar-refractivity contribution in [3.05, 3.63) is 59.7 Å². The van der Waals surface area contributed by atoms with Gasteiger partial charge in [-0.05, 0) is 30.2 Å². The lowest BCUT2D eigenvalue weighted by atomic mass is 10.1. The minimum atomic E-state index is -0.496. The van der Waals surface area contributed by atoms with Crippen LogP contribution in [-0.2, 0) is 11.2 Å². The quantitative estimate of drug-likeness (QED) is 0.846. The molecule has 2 N–H and O–H groups in total. The first-order valence-electron chi connectivity index (χ1n) is 6.99. The van der Waals surface area contributed by atoms with Crippen LogP contribution in [0.3, 0.4) is 0 Å². The lowest BCUT2D eigenvalue weighted by Gasteiger charge is -2.12. The third-order valence-electron chi connectivity index (χ3n) is 3.23. The highest BCUT2D eigenvalue weighted by Gasteiger charge is 2.13. The number of benzene rings is 2. The van der Waals surface area contributed by atoms with Gasteiger partial charge < -0.3 is 15.4 Å². The zero-order chi connectivity index (χ0) is 15.9. The predicted molar refractivity (Wildman–Crippen MR) is 86.2 cm³/mol. The van der Waals surface area contributed by atoms with E-state index in [0.717, 1.165) is 17.7 Å². The summed E-state index contributed by atoms with van der Waals surface area (Å²) < 4.78 is 4.70. The molecule has 5 heteroatoms. The molecule has 0 atom stereocenters. The van der Waals surface area contributed by atoms with Gasteiger partial charge in [0.1, 0.15) is 0 Å². The number of hydrogen-bond donors (Lipinski definition) is 2. The van der Waals surface area contributed by atoms with Crippen LogP contribution in [0.15, 0.2) is 48.5 Å². The Bertz CT molecular complexity index is 683. The molecule has 0 aromatic heterocycles. The number of methoxy groups -OCH3 is 1. The zero-order valence-corrected chi connectivity index (χ0v) is 12.6. The molecule has 0 saturated heterocycles. The number of anilines is 2. The van der Waals surface area contributed by atoms with Crippen molar-refractivity contribution in [2.45, 2.75) is 13.3 Å². The van der Waals surface area contributed by atoms with Gasteiger partial charge in [-0.2, -0.15) is 0 Å². The van der Waals surface area contributed by atoms with E-state index in [1.807, 2.05) is 31.2 Å². The van der Waals surface area contributed by atoms with Crippen molar-refractivity contribution in [2.75, 3.05) is 17.7 Å². The second kappa shape index (κ2) is 7.26. The number of carbonyl (C=O) groups excluding carboxylic acids is 2. The molecule has 0 unspecified atom stereocenters. The molecule has 0 radical (unpaired) electrons. The Morgan fingerprint density at radius 3 is 2.23 bits per heavy atom. The van der Waals surface area contributed by atoms with E-state index in [1.165, 1.54) is 7.11 Å². The van der Waals surface area contributed by atoms with Crippen LogP contribution in [0, 0.1) is 0 Å². The van der Waals surface area contributed by atoms with Crippen molar-refractivity contribution in [3.8, 4) is 0 Å². The van der Waals surface area contributed by atoms with Gasteiger partial charge in [0.25, 0.3) is 0 Å². The summed E-state index contributed by atoms with van der Waals surface area (Å²) in [6, 6.07) is 13.9. The Kier molecular flexibility index (Phi) is 5.14. The number of para-hydroxylation sites is 2. The number of ether oxygens (including phenoxy) is 1. The first-order valence-corrected chi connectivity index (χ1v) is 6.99. The normalized spacial score (nSPS) is 9.91. The molecule has 0 spiro atoms. The molecule has 0 aliphatic carbocycles. The van der Waals surface area contributed by atoms with Crippen molar-refractivity contribution < 1.29 is 14.3 Å². The molecule has 0 bridgehead atoms. The Morgan fingerprint density at radius 2 is 1.55 bits per heavy atom. The molecule has 0 fully saturated rings. The van der Waals surface area contributed by atoms with Gasteiger partial charge in [-0.25, -0.2) is 9.59 Å². The Hall–Kier alpha value is -2.82. The van der Waals surface area contributed by atoms with Gasteiger partial charge in [-0.3, -0.25) is 0 Å². The molecule has 0 heterocycles. The maximum absolute atomic E-state index is 12.1. The van der Waals surface area contributed by atoms with Crippen LogP contribution in [0.5, 0.6) is 0 Å². The van der Waals surface area contributed by atoms with E-state index >= 15 is 0 Å². The van der Waals surface area contributed by atoms with Crippen LogP contribution in [0.4, 0.5) is 16.2 Å². The first kappa shape index (κ1) is 15.6. The molecule has 2 aromatic rings. The number of hydrogen-bond acceptors (Lipinski definition) is 3. The molecule has 0 saturated carbocycles. The summed E-state index contributed by atoms with van der Waals surface area (Å²) in [5.41, 5.74) is 2.50. The van der Waals surface area contributed by atoms with Gasteiger partial charge in [0.2, 0.25) is 0 Å². The van der Waals surface area contributed by atoms with Crippen molar-refractivity contribution >= 4 is 23.4 Å². The lowest BCUT2D eigenvalue weighted by Crippen LogP contribution is -2.21. The molecule has 114 valence electrons. The minimum absolute atomic E-state index is 0.309. The third-order valence-corrected chi connectivity index (χ3v) is 3.23. The lowest BCUT2D eigenvalue weighted by molar-refractivity contribution is 0.0602. The van der Waals surface area contributed by atoms with Crippen LogP contribution in [0.2, 0.25) is 0 Å². The van der Waals surface area contributed by atoms with E-state index < -0.39 is 12.0 Å². The van der Waals surface area contributed by atoms with Crippen molar-refractivity contribution in [2.24, 2.45) is 0 Å². The average Bonchev–Trinajstić information content (AvgIpc) is 2.55. The summed E-state index contributed by atoms with van der Waals surface area (Å²) >= 11 is 0. The second-order valence-electron chi connectivity index (χ2n) is 4.63. The number of aryl methyl sites for hydroxylation is 1. The average molecular weight is 298 g/mol. The summed E-state index contributed by atoms with van der Waals surface area (Å²) in [6.07, 6.45) is 0.815. The Balaban J connectivity index is 2.14. The third kappa shape index (κ3) is 3.63. The molecule has 2 rings (SSSR count). The number of amides is 2. The smallest absolute Gasteiger partial charge is 0.339 e. The number of rotatable bonds is 4. The minimum Gasteiger partial charge on any atom is -0.465 e. The maximum Gasteiger partial charge on any atom is 0.339 e. The zero-order valence-electron chi connectivity index (χ0n) is 12.6. The van der Waals surface area contributed by atoms with Gasteiger partial charge in [0.05, 0.1) is 18.4 Å². The maximum atomic E-state index is 12.1. The molecular formula is C17H18N2O3. The standard InChI is InChI=1S/C17H18N2O3/c1-3-12-8-4-6-10-14(12)18-17(21)19-15-11-7-5-9-13(15)16(20)22-2/h4-11H,3H2,1-2H3,(H2,18,19,21). The monoisotopic (exact) mass is 298 g/mol. The van der Waals surface area contributed by atoms with E-state index in [2.05, 4.69) is 10.6 Å². The summed E-state index contributed by atoms with van der Waals surface area (Å²) in [6.45, 7) is 2.02. The highest BCUT2D eigenvalue weighted by Crippen LogP contribution is 2.18. The number of carbonyl (C=O) groups is 2. The molecule has 0 aliphatic heterocycles. The van der Waals surface area contributed by atoms with E-state index in [0.29, 0.717) is 11.3 Å². The van der Waals surface area contributed by atoms with Gasteiger partial charge in [0.15, 0.2) is 0 Å². The molecule has 2 aromatic carbocycles. The van der Waals surface area contributed by atoms with Crippen LogP contribution in [0.25, 0.3) is 0 Å². The molecule has 22 heavy (non-hydrogen) atoms. The fourth-order valence-corrected chi connectivity index (χ4v) is 2.11. The second-order valence-corrected chi connectivity index (χ2v) is 4.63. The topological polar surface area (TPSA) is 67.4 Å². The predicted octanol–water partition coefficient (Wildman–Crippen LogP) is 3.68. The van der Waals surface area contributed by atoms with Crippen LogP contribution in [-0.4, -0.2) is 19.1 Å². The summed E-state index contributed by atoms with van der Waals surface area (Å²) in [7, 11) is 1.30. The first-order chi connectivity index (χ1) is 10.7. The molecular weight excluding hydrogens is 280 g/mol. The van der Waals surface area contributed by atoms with Crippen LogP contribution < -0.4 is 10.6 Å². The van der Waals surface area contributed by atoms with Gasteiger partial charge in [0, 0.05) is 5.69 Å². The van der Waals surface area contributed by atoms with Gasteiger partial charge >= 0.3 is 12.0 Å². The van der Waals surface area contributed by atoms with E-state index in [-0.39, 0.29) is 0 Å². The summed E-state index contributed by atoms with van der Waals surface area (Å²) in [4.78, 5) is 23.8. The molecule has 5 nitrogen and oxygen atoms in total. The molecule has 0 aliphatic rings. The van der Waals surface area contributed by atoms with Gasteiger partial charge in [-0.1, -0.05) is 37.3 Å². The number of nitrogens with one attached hydrogen (secondary N) is 2. The highest BCUT2D eigenvalue weighted by molar-refractivity contribution is 6.05. The van der Waals surface area contributed by atoms with Gasteiger partial charge in [-0.15, -0.1) is 0 Å². The SMILES string of the molecule is CCc1ccccc1NC(=O)Nc1ccccc1C(=O)OC.